The molecule has 1 aliphatic carbocycles. The Morgan fingerprint density at radius 2 is 1.42 bits per heavy atom. The van der Waals surface area contributed by atoms with Gasteiger partial charge in [-0.2, -0.15) is 0 Å². The summed E-state index contributed by atoms with van der Waals surface area (Å²) in [5.74, 6) is 0. The van der Waals surface area contributed by atoms with Gasteiger partial charge in [0.2, 0.25) is 0 Å². The topological polar surface area (TPSA) is 18.5 Å². The quantitative estimate of drug-likeness (QED) is 0.541. The number of thiophene rings is 2. The summed E-state index contributed by atoms with van der Waals surface area (Å²) in [6, 6.07) is 8.88. The van der Waals surface area contributed by atoms with Crippen LogP contribution in [-0.4, -0.2) is 41.9 Å². The standard InChI is InChI=1S/C19H20O2S2Se/c1-20-11-19(12-21-2)9-13-14(10-19)18(16-6-4-8-23-16)24-17(13)15-5-3-7-22-15/h3-8H,9-12H2,1-2H3. The van der Waals surface area contributed by atoms with Crippen molar-refractivity contribution in [2.24, 2.45) is 5.41 Å². The van der Waals surface area contributed by atoms with Crippen LogP contribution in [0.2, 0.25) is 0 Å². The van der Waals surface area contributed by atoms with E-state index >= 15 is 0 Å². The van der Waals surface area contributed by atoms with Crippen LogP contribution in [-0.2, 0) is 22.3 Å². The van der Waals surface area contributed by atoms with Crippen molar-refractivity contribution in [3.8, 4) is 18.6 Å². The van der Waals surface area contributed by atoms with Crippen LogP contribution in [0.3, 0.4) is 0 Å². The van der Waals surface area contributed by atoms with E-state index in [2.05, 4.69) is 35.0 Å². The number of fused-ring (bicyclic) bond motifs is 1. The average molecular weight is 423 g/mol. The zero-order chi connectivity index (χ0) is 16.6. The molecule has 0 amide bonds. The molecule has 2 nitrogen and oxygen atoms in total. The van der Waals surface area contributed by atoms with Crippen LogP contribution < -0.4 is 0 Å². The fourth-order valence-corrected chi connectivity index (χ4v) is 8.65. The van der Waals surface area contributed by atoms with Gasteiger partial charge in [-0.1, -0.05) is 0 Å². The Labute approximate surface area is 156 Å². The number of ether oxygens (including phenoxy) is 2. The van der Waals surface area contributed by atoms with Crippen molar-refractivity contribution < 1.29 is 9.47 Å². The van der Waals surface area contributed by atoms with Gasteiger partial charge in [0.05, 0.1) is 0 Å². The van der Waals surface area contributed by atoms with E-state index in [1.807, 2.05) is 22.7 Å². The van der Waals surface area contributed by atoms with Crippen molar-refractivity contribution in [3.63, 3.8) is 0 Å². The number of rotatable bonds is 6. The van der Waals surface area contributed by atoms with Crippen molar-refractivity contribution in [2.75, 3.05) is 27.4 Å². The molecule has 0 saturated carbocycles. The molecule has 1 aliphatic rings. The van der Waals surface area contributed by atoms with Gasteiger partial charge >= 0.3 is 157 Å². The van der Waals surface area contributed by atoms with E-state index < -0.39 is 0 Å². The summed E-state index contributed by atoms with van der Waals surface area (Å²) in [7, 11) is 3.61. The molecule has 3 heterocycles. The van der Waals surface area contributed by atoms with Crippen molar-refractivity contribution in [1.29, 1.82) is 0 Å². The fourth-order valence-electron chi connectivity index (χ4n) is 3.76. The second-order valence-corrected chi connectivity index (χ2v) is 10.4. The van der Waals surface area contributed by atoms with Crippen LogP contribution >= 0.6 is 22.7 Å². The van der Waals surface area contributed by atoms with Crippen LogP contribution in [0, 0.1) is 5.41 Å². The number of hydrogen-bond acceptors (Lipinski definition) is 4. The van der Waals surface area contributed by atoms with E-state index in [-0.39, 0.29) is 5.41 Å². The molecule has 0 fully saturated rings. The molecular weight excluding hydrogens is 403 g/mol. The molecule has 0 radical (unpaired) electrons. The van der Waals surface area contributed by atoms with Crippen molar-refractivity contribution in [1.82, 2.24) is 0 Å². The third-order valence-corrected chi connectivity index (χ3v) is 9.78. The van der Waals surface area contributed by atoms with Crippen LogP contribution in [0.4, 0.5) is 0 Å². The van der Waals surface area contributed by atoms with Crippen LogP contribution in [0.5, 0.6) is 0 Å². The molecule has 0 N–H and O–H groups in total. The third-order valence-electron chi connectivity index (χ3n) is 4.61. The van der Waals surface area contributed by atoms with Crippen LogP contribution in [0.1, 0.15) is 11.1 Å². The Morgan fingerprint density at radius 3 is 1.79 bits per heavy atom. The maximum absolute atomic E-state index is 5.58. The first-order valence-corrected chi connectivity index (χ1v) is 11.4. The Hall–Kier alpha value is -0.681. The molecule has 0 spiro atoms. The molecule has 24 heavy (non-hydrogen) atoms. The van der Waals surface area contributed by atoms with Crippen molar-refractivity contribution >= 4 is 37.2 Å². The summed E-state index contributed by atoms with van der Waals surface area (Å²) in [6.45, 7) is 1.52. The molecule has 3 aromatic heterocycles. The minimum absolute atomic E-state index is 0.0929. The molecule has 0 aromatic carbocycles. The summed E-state index contributed by atoms with van der Waals surface area (Å²) >= 11 is 4.14. The molecule has 4 rings (SSSR count). The van der Waals surface area contributed by atoms with E-state index in [0.29, 0.717) is 14.5 Å². The first kappa shape index (κ1) is 16.8. The normalized spacial score (nSPS) is 15.8. The predicted octanol–water partition coefficient (Wildman–Crippen LogP) is 4.58. The molecule has 126 valence electrons. The van der Waals surface area contributed by atoms with Gasteiger partial charge in [-0.25, -0.2) is 0 Å². The predicted molar refractivity (Wildman–Crippen MR) is 104 cm³/mol. The van der Waals surface area contributed by atoms with Gasteiger partial charge in [0.1, 0.15) is 0 Å². The van der Waals surface area contributed by atoms with Gasteiger partial charge in [-0.3, -0.25) is 0 Å². The van der Waals surface area contributed by atoms with Gasteiger partial charge in [-0.15, -0.1) is 0 Å². The molecule has 0 unspecified atom stereocenters. The van der Waals surface area contributed by atoms with Crippen LogP contribution in [0.25, 0.3) is 18.6 Å². The Bertz CT molecular complexity index is 736. The number of hydrogen-bond donors (Lipinski definition) is 0. The van der Waals surface area contributed by atoms with Gasteiger partial charge in [0.15, 0.2) is 0 Å². The zero-order valence-electron chi connectivity index (χ0n) is 13.8. The summed E-state index contributed by atoms with van der Waals surface area (Å²) in [5.41, 5.74) is 3.25. The van der Waals surface area contributed by atoms with Crippen LogP contribution in [0.15, 0.2) is 35.0 Å². The molecule has 0 atom stereocenters. The van der Waals surface area contributed by atoms with Gasteiger partial charge in [-0.05, 0) is 0 Å². The van der Waals surface area contributed by atoms with E-state index in [1.54, 1.807) is 34.2 Å². The van der Waals surface area contributed by atoms with E-state index in [4.69, 9.17) is 9.47 Å². The van der Waals surface area contributed by atoms with Crippen molar-refractivity contribution in [2.45, 2.75) is 12.8 Å². The zero-order valence-corrected chi connectivity index (χ0v) is 17.2. The molecular formula is C19H20O2S2Se. The van der Waals surface area contributed by atoms with E-state index in [9.17, 15) is 0 Å². The van der Waals surface area contributed by atoms with Gasteiger partial charge in [0, 0.05) is 0 Å². The van der Waals surface area contributed by atoms with Gasteiger partial charge < -0.3 is 0 Å². The average Bonchev–Trinajstić information content (AvgIpc) is 3.32. The molecule has 5 heteroatoms. The maximum atomic E-state index is 5.58. The fraction of sp³-hybridized carbons (Fsp3) is 0.368. The monoisotopic (exact) mass is 424 g/mol. The summed E-state index contributed by atoms with van der Waals surface area (Å²) < 4.78 is 14.3. The van der Waals surface area contributed by atoms with Gasteiger partial charge in [0.25, 0.3) is 0 Å². The first-order valence-electron chi connectivity index (χ1n) is 7.96. The Kier molecular flexibility index (Phi) is 4.83. The molecule has 0 aliphatic heterocycles. The van der Waals surface area contributed by atoms with E-state index in [1.165, 1.54) is 9.75 Å². The number of methoxy groups -OCH3 is 2. The summed E-state index contributed by atoms with van der Waals surface area (Å²) in [6.07, 6.45) is 2.15. The third kappa shape index (κ3) is 2.88. The second-order valence-electron chi connectivity index (χ2n) is 6.39. The van der Waals surface area contributed by atoms with E-state index in [0.717, 1.165) is 26.1 Å². The Morgan fingerprint density at radius 1 is 0.917 bits per heavy atom. The molecule has 3 aromatic rings. The Balaban J connectivity index is 1.83. The first-order chi connectivity index (χ1) is 11.8. The molecule has 0 bridgehead atoms. The molecule has 0 saturated heterocycles. The van der Waals surface area contributed by atoms with Crippen molar-refractivity contribution in [3.05, 3.63) is 46.2 Å². The summed E-state index contributed by atoms with van der Waals surface area (Å²) in [5, 5.41) is 4.38. The SMILES string of the molecule is COCC1(COC)Cc2c(-c3cccs3)[se]c(-c3cccs3)c2C1. The summed E-state index contributed by atoms with van der Waals surface area (Å²) in [4.78, 5) is 2.89. The second kappa shape index (κ2) is 6.91. The minimum atomic E-state index is 0.0929.